The molecular weight excluding hydrogens is 315 g/mol. The summed E-state index contributed by atoms with van der Waals surface area (Å²) >= 11 is 0. The van der Waals surface area contributed by atoms with Crippen LogP contribution in [0.4, 0.5) is 24.8 Å². The SMILES string of the molecule is Nc1c(C(=O)Nc2n[nH]c(C(F)(F)F)n2)nnc2ccccc12. The van der Waals surface area contributed by atoms with Crippen LogP contribution in [0.2, 0.25) is 0 Å². The predicted octanol–water partition coefficient (Wildman–Crippen LogP) is 1.60. The van der Waals surface area contributed by atoms with Crippen molar-refractivity contribution in [3.05, 3.63) is 35.8 Å². The Morgan fingerprint density at radius 2 is 1.96 bits per heavy atom. The van der Waals surface area contributed by atoms with Crippen LogP contribution < -0.4 is 11.1 Å². The second kappa shape index (κ2) is 5.19. The molecule has 1 amide bonds. The van der Waals surface area contributed by atoms with E-state index < -0.39 is 23.9 Å². The number of halogens is 3. The van der Waals surface area contributed by atoms with Crippen LogP contribution >= 0.6 is 0 Å². The third kappa shape index (κ3) is 2.75. The van der Waals surface area contributed by atoms with Gasteiger partial charge >= 0.3 is 6.18 Å². The summed E-state index contributed by atoms with van der Waals surface area (Å²) in [4.78, 5) is 15.2. The van der Waals surface area contributed by atoms with Crippen molar-refractivity contribution < 1.29 is 18.0 Å². The fraction of sp³-hybridized carbons (Fsp3) is 0.0833. The molecule has 0 unspecified atom stereocenters. The van der Waals surface area contributed by atoms with E-state index in [1.54, 1.807) is 29.4 Å². The van der Waals surface area contributed by atoms with Crippen LogP contribution in [0, 0.1) is 0 Å². The number of nitrogen functional groups attached to an aromatic ring is 1. The van der Waals surface area contributed by atoms with E-state index in [1.165, 1.54) is 0 Å². The molecule has 11 heteroatoms. The zero-order chi connectivity index (χ0) is 16.6. The molecule has 0 radical (unpaired) electrons. The van der Waals surface area contributed by atoms with E-state index in [4.69, 9.17) is 5.73 Å². The number of H-pyrrole nitrogens is 1. The first-order valence-electron chi connectivity index (χ1n) is 6.18. The number of benzene rings is 1. The van der Waals surface area contributed by atoms with Gasteiger partial charge in [0.15, 0.2) is 5.69 Å². The summed E-state index contributed by atoms with van der Waals surface area (Å²) in [5, 5.41) is 15.0. The molecular formula is C12H8F3N7O. The molecule has 118 valence electrons. The van der Waals surface area contributed by atoms with Gasteiger partial charge in [-0.05, 0) is 6.07 Å². The summed E-state index contributed by atoms with van der Waals surface area (Å²) in [5.41, 5.74) is 6.16. The maximum atomic E-state index is 12.4. The van der Waals surface area contributed by atoms with Crippen LogP contribution in [0.25, 0.3) is 10.9 Å². The molecule has 0 saturated carbocycles. The molecule has 2 aromatic heterocycles. The Kier molecular flexibility index (Phi) is 3.32. The van der Waals surface area contributed by atoms with Crippen LogP contribution in [0.3, 0.4) is 0 Å². The van der Waals surface area contributed by atoms with E-state index in [9.17, 15) is 18.0 Å². The predicted molar refractivity (Wildman–Crippen MR) is 73.3 cm³/mol. The minimum Gasteiger partial charge on any atom is -0.396 e. The van der Waals surface area contributed by atoms with Gasteiger partial charge in [-0.3, -0.25) is 15.2 Å². The average molecular weight is 323 g/mol. The Morgan fingerprint density at radius 3 is 2.65 bits per heavy atom. The lowest BCUT2D eigenvalue weighted by Gasteiger charge is -2.06. The molecule has 2 heterocycles. The highest BCUT2D eigenvalue weighted by Crippen LogP contribution is 2.26. The number of hydrogen-bond acceptors (Lipinski definition) is 6. The molecule has 0 spiro atoms. The average Bonchev–Trinajstić information content (AvgIpc) is 2.96. The van der Waals surface area contributed by atoms with Crippen molar-refractivity contribution in [2.24, 2.45) is 0 Å². The number of aromatic amines is 1. The lowest BCUT2D eigenvalue weighted by molar-refractivity contribution is -0.144. The van der Waals surface area contributed by atoms with E-state index >= 15 is 0 Å². The number of amides is 1. The first-order chi connectivity index (χ1) is 10.9. The minimum absolute atomic E-state index is 0.0553. The molecule has 0 aliphatic carbocycles. The molecule has 1 aromatic carbocycles. The second-order valence-corrected chi connectivity index (χ2v) is 4.44. The number of hydrogen-bond donors (Lipinski definition) is 3. The molecule has 0 fully saturated rings. The van der Waals surface area contributed by atoms with Crippen molar-refractivity contribution >= 4 is 28.4 Å². The molecule has 0 aliphatic heterocycles. The van der Waals surface area contributed by atoms with Crippen molar-refractivity contribution in [1.82, 2.24) is 25.4 Å². The van der Waals surface area contributed by atoms with Crippen LogP contribution in [0.1, 0.15) is 16.3 Å². The van der Waals surface area contributed by atoms with Crippen LogP contribution in [0.15, 0.2) is 24.3 Å². The molecule has 23 heavy (non-hydrogen) atoms. The monoisotopic (exact) mass is 323 g/mol. The van der Waals surface area contributed by atoms with Crippen molar-refractivity contribution in [3.8, 4) is 0 Å². The Hall–Kier alpha value is -3.24. The van der Waals surface area contributed by atoms with Crippen LogP contribution in [-0.2, 0) is 6.18 Å². The number of fused-ring (bicyclic) bond motifs is 1. The van der Waals surface area contributed by atoms with Crippen LogP contribution in [-0.4, -0.2) is 31.3 Å². The minimum atomic E-state index is -4.70. The normalized spacial score (nSPS) is 11.6. The maximum Gasteiger partial charge on any atom is 0.451 e. The summed E-state index contributed by atoms with van der Waals surface area (Å²) in [6.07, 6.45) is -4.70. The standard InChI is InChI=1S/C12H8F3N7O/c13-12(14,15)10-18-11(22-21-10)17-9(23)8-7(16)5-3-1-2-4-6(5)19-20-8/h1-4H,(H2,16,19)(H2,17,18,21,22,23). The van der Waals surface area contributed by atoms with Gasteiger partial charge in [-0.25, -0.2) is 0 Å². The number of nitrogens with zero attached hydrogens (tertiary/aromatic N) is 4. The molecule has 0 atom stereocenters. The summed E-state index contributed by atoms with van der Waals surface area (Å²) in [7, 11) is 0. The number of aromatic nitrogens is 5. The van der Waals surface area contributed by atoms with E-state index in [1.807, 2.05) is 0 Å². The Bertz CT molecular complexity index is 890. The summed E-state index contributed by atoms with van der Waals surface area (Å²) in [6.45, 7) is 0. The molecule has 3 rings (SSSR count). The van der Waals surface area contributed by atoms with Crippen molar-refractivity contribution in [2.45, 2.75) is 6.18 Å². The zero-order valence-electron chi connectivity index (χ0n) is 11.2. The topological polar surface area (TPSA) is 122 Å². The number of anilines is 2. The number of carbonyl (C=O) groups excluding carboxylic acids is 1. The van der Waals surface area contributed by atoms with Gasteiger partial charge < -0.3 is 5.73 Å². The highest BCUT2D eigenvalue weighted by Gasteiger charge is 2.35. The fourth-order valence-electron chi connectivity index (χ4n) is 1.85. The smallest absolute Gasteiger partial charge is 0.396 e. The van der Waals surface area contributed by atoms with Gasteiger partial charge in [0.25, 0.3) is 5.91 Å². The lowest BCUT2D eigenvalue weighted by Crippen LogP contribution is -2.18. The van der Waals surface area contributed by atoms with E-state index in [2.05, 4.69) is 25.6 Å². The third-order valence-electron chi connectivity index (χ3n) is 2.90. The summed E-state index contributed by atoms with van der Waals surface area (Å²) in [6, 6.07) is 6.73. The highest BCUT2D eigenvalue weighted by atomic mass is 19.4. The van der Waals surface area contributed by atoms with Gasteiger partial charge in [0, 0.05) is 5.39 Å². The van der Waals surface area contributed by atoms with Gasteiger partial charge in [0.05, 0.1) is 11.2 Å². The van der Waals surface area contributed by atoms with Gasteiger partial charge in [-0.15, -0.1) is 15.3 Å². The van der Waals surface area contributed by atoms with E-state index in [0.717, 1.165) is 0 Å². The summed E-state index contributed by atoms with van der Waals surface area (Å²) < 4.78 is 37.2. The fourth-order valence-corrected chi connectivity index (χ4v) is 1.85. The van der Waals surface area contributed by atoms with Gasteiger partial charge in [0.1, 0.15) is 0 Å². The Balaban J connectivity index is 1.89. The molecule has 3 aromatic rings. The maximum absolute atomic E-state index is 12.4. The van der Waals surface area contributed by atoms with Crippen molar-refractivity contribution in [1.29, 1.82) is 0 Å². The van der Waals surface area contributed by atoms with Crippen LogP contribution in [0.5, 0.6) is 0 Å². The van der Waals surface area contributed by atoms with Crippen molar-refractivity contribution in [2.75, 3.05) is 11.1 Å². The number of rotatable bonds is 2. The van der Waals surface area contributed by atoms with Crippen molar-refractivity contribution in [3.63, 3.8) is 0 Å². The first kappa shape index (κ1) is 14.7. The quantitative estimate of drug-likeness (QED) is 0.658. The Labute approximate surface area is 125 Å². The van der Waals surface area contributed by atoms with E-state index in [-0.39, 0.29) is 11.4 Å². The molecule has 0 saturated heterocycles. The van der Waals surface area contributed by atoms with Gasteiger partial charge in [0.2, 0.25) is 11.8 Å². The van der Waals surface area contributed by atoms with Gasteiger partial charge in [-0.2, -0.15) is 18.2 Å². The molecule has 0 aliphatic rings. The highest BCUT2D eigenvalue weighted by molar-refractivity contribution is 6.09. The third-order valence-corrected chi connectivity index (χ3v) is 2.90. The molecule has 0 bridgehead atoms. The summed E-state index contributed by atoms with van der Waals surface area (Å²) in [5.74, 6) is -2.74. The zero-order valence-corrected chi connectivity index (χ0v) is 11.2. The number of nitrogens with one attached hydrogen (secondary N) is 2. The lowest BCUT2D eigenvalue weighted by atomic mass is 10.1. The van der Waals surface area contributed by atoms with E-state index in [0.29, 0.717) is 10.9 Å². The molecule has 8 nitrogen and oxygen atoms in total. The molecule has 4 N–H and O–H groups in total. The number of carbonyl (C=O) groups is 1. The first-order valence-corrected chi connectivity index (χ1v) is 6.18. The second-order valence-electron chi connectivity index (χ2n) is 4.44. The number of alkyl halides is 3. The largest absolute Gasteiger partial charge is 0.451 e. The van der Waals surface area contributed by atoms with Gasteiger partial charge in [-0.1, -0.05) is 18.2 Å². The number of nitrogens with two attached hydrogens (primary N) is 1. The Morgan fingerprint density at radius 1 is 1.22 bits per heavy atom.